The molecule has 5 rings (SSSR count). The van der Waals surface area contributed by atoms with Gasteiger partial charge in [-0.15, -0.1) is 0 Å². The highest BCUT2D eigenvalue weighted by Crippen LogP contribution is 2.63. The molecule has 10 atom stereocenters. The second-order valence-electron chi connectivity index (χ2n) is 9.05. The Balaban J connectivity index is 1.53. The average molecular weight is 320 g/mol. The molecule has 0 spiro atoms. The average Bonchev–Trinajstić information content (AvgIpc) is 2.55. The van der Waals surface area contributed by atoms with E-state index in [-0.39, 0.29) is 11.8 Å². The number of rotatable bonds is 0. The van der Waals surface area contributed by atoms with E-state index in [4.69, 9.17) is 0 Å². The van der Waals surface area contributed by atoms with Crippen molar-refractivity contribution in [2.45, 2.75) is 69.7 Å². The van der Waals surface area contributed by atoms with Crippen LogP contribution in [0.15, 0.2) is 11.6 Å². The molecule has 0 aromatic carbocycles. The van der Waals surface area contributed by atoms with Crippen LogP contribution in [-0.4, -0.2) is 28.6 Å². The van der Waals surface area contributed by atoms with Crippen molar-refractivity contribution in [3.8, 4) is 0 Å². The zero-order valence-electron chi connectivity index (χ0n) is 13.8. The molecule has 3 heteroatoms. The van der Waals surface area contributed by atoms with Gasteiger partial charge in [-0.25, -0.2) is 4.39 Å². The summed E-state index contributed by atoms with van der Waals surface area (Å²) in [4.78, 5) is 0. The Hall–Kier alpha value is -0.410. The number of alkyl halides is 1. The van der Waals surface area contributed by atoms with Gasteiger partial charge in [-0.05, 0) is 86.4 Å². The third-order valence-corrected chi connectivity index (χ3v) is 8.27. The Morgan fingerprint density at radius 3 is 2.61 bits per heavy atom. The highest BCUT2D eigenvalue weighted by atomic mass is 19.1. The summed E-state index contributed by atoms with van der Waals surface area (Å²) in [5.41, 5.74) is 1.39. The molecule has 10 unspecified atom stereocenters. The first-order chi connectivity index (χ1) is 11.1. The van der Waals surface area contributed by atoms with Gasteiger partial charge in [0.1, 0.15) is 6.17 Å². The normalized spacial score (nSPS) is 58.0. The van der Waals surface area contributed by atoms with Gasteiger partial charge in [0.2, 0.25) is 0 Å². The summed E-state index contributed by atoms with van der Waals surface area (Å²) in [6, 6.07) is 0. The molecule has 0 aliphatic heterocycles. The summed E-state index contributed by atoms with van der Waals surface area (Å²) in [5, 5.41) is 20.7. The SMILES string of the molecule is OC1C=C2CCC3C4C(F)CCCC4CC4CCC(C1O)C2C43. The van der Waals surface area contributed by atoms with Gasteiger partial charge in [-0.3, -0.25) is 0 Å². The van der Waals surface area contributed by atoms with Crippen LogP contribution < -0.4 is 0 Å². The summed E-state index contributed by atoms with van der Waals surface area (Å²) in [6.45, 7) is 0. The second-order valence-corrected chi connectivity index (χ2v) is 9.05. The number of hydrogen-bond donors (Lipinski definition) is 2. The fraction of sp³-hybridized carbons (Fsp3) is 0.900. The molecule has 0 bridgehead atoms. The van der Waals surface area contributed by atoms with Crippen LogP contribution in [0.1, 0.15) is 51.4 Å². The predicted molar refractivity (Wildman–Crippen MR) is 86.4 cm³/mol. The number of hydrogen-bond acceptors (Lipinski definition) is 2. The molecule has 4 fully saturated rings. The molecule has 0 radical (unpaired) electrons. The van der Waals surface area contributed by atoms with E-state index in [0.717, 1.165) is 38.0 Å². The van der Waals surface area contributed by atoms with Crippen LogP contribution in [0.25, 0.3) is 0 Å². The lowest BCUT2D eigenvalue weighted by molar-refractivity contribution is -0.126. The summed E-state index contributed by atoms with van der Waals surface area (Å²) in [6.07, 6.45) is 8.74. The minimum absolute atomic E-state index is 0.215. The fourth-order valence-electron chi connectivity index (χ4n) is 7.60. The molecule has 0 aromatic rings. The van der Waals surface area contributed by atoms with Crippen LogP contribution in [0.4, 0.5) is 4.39 Å². The van der Waals surface area contributed by atoms with Crippen LogP contribution in [0.2, 0.25) is 0 Å². The molecule has 5 aliphatic rings. The van der Waals surface area contributed by atoms with Crippen LogP contribution in [0.5, 0.6) is 0 Å². The monoisotopic (exact) mass is 320 g/mol. The fourth-order valence-corrected chi connectivity index (χ4v) is 7.60. The molecule has 0 saturated heterocycles. The van der Waals surface area contributed by atoms with Crippen LogP contribution in [-0.2, 0) is 0 Å². The molecule has 5 aliphatic carbocycles. The van der Waals surface area contributed by atoms with Gasteiger partial charge >= 0.3 is 0 Å². The third-order valence-electron chi connectivity index (χ3n) is 8.27. The van der Waals surface area contributed by atoms with Crippen molar-refractivity contribution in [2.75, 3.05) is 0 Å². The maximum atomic E-state index is 14.8. The largest absolute Gasteiger partial charge is 0.390 e. The molecule has 4 saturated carbocycles. The lowest BCUT2D eigenvalue weighted by Gasteiger charge is -2.61. The molecule has 0 aromatic heterocycles. The highest BCUT2D eigenvalue weighted by Gasteiger charge is 2.58. The number of aliphatic hydroxyl groups excluding tert-OH is 2. The highest BCUT2D eigenvalue weighted by molar-refractivity contribution is 5.24. The Morgan fingerprint density at radius 1 is 0.913 bits per heavy atom. The Bertz CT molecular complexity index is 518. The summed E-state index contributed by atoms with van der Waals surface area (Å²) in [7, 11) is 0. The van der Waals surface area contributed by atoms with Gasteiger partial charge in [0.05, 0.1) is 12.2 Å². The van der Waals surface area contributed by atoms with Crippen molar-refractivity contribution in [3.63, 3.8) is 0 Å². The molecular formula is C20H29FO2. The Morgan fingerprint density at radius 2 is 1.74 bits per heavy atom. The van der Waals surface area contributed by atoms with E-state index in [1.165, 1.54) is 24.8 Å². The van der Waals surface area contributed by atoms with Crippen LogP contribution in [0, 0.1) is 41.4 Å². The van der Waals surface area contributed by atoms with Gasteiger partial charge in [-0.2, -0.15) is 0 Å². The predicted octanol–water partition coefficient (Wildman–Crippen LogP) is 3.47. The smallest absolute Gasteiger partial charge is 0.103 e. The first-order valence-corrected chi connectivity index (χ1v) is 9.86. The summed E-state index contributed by atoms with van der Waals surface area (Å²) in [5.74, 6) is 3.39. The van der Waals surface area contributed by atoms with Crippen LogP contribution >= 0.6 is 0 Å². The lowest BCUT2D eigenvalue weighted by Crippen LogP contribution is -2.57. The quantitative estimate of drug-likeness (QED) is 0.671. The van der Waals surface area contributed by atoms with Gasteiger partial charge < -0.3 is 10.2 Å². The van der Waals surface area contributed by atoms with E-state index in [1.54, 1.807) is 0 Å². The minimum atomic E-state index is -0.681. The molecule has 128 valence electrons. The summed E-state index contributed by atoms with van der Waals surface area (Å²) < 4.78 is 14.8. The van der Waals surface area contributed by atoms with Gasteiger partial charge in [0.15, 0.2) is 0 Å². The number of aliphatic hydroxyl groups is 2. The van der Waals surface area contributed by atoms with E-state index < -0.39 is 18.4 Å². The van der Waals surface area contributed by atoms with E-state index in [2.05, 4.69) is 0 Å². The van der Waals surface area contributed by atoms with Crippen molar-refractivity contribution in [2.24, 2.45) is 41.4 Å². The second kappa shape index (κ2) is 5.29. The topological polar surface area (TPSA) is 40.5 Å². The van der Waals surface area contributed by atoms with Crippen LogP contribution in [0.3, 0.4) is 0 Å². The van der Waals surface area contributed by atoms with Crippen molar-refractivity contribution in [1.29, 1.82) is 0 Å². The standard InChI is InChI=1S/C20H29FO2/c21-15-3-1-2-10-8-11-5-7-14-19-12(9-16(22)20(14)23)4-6-13(17(10)15)18(11)19/h9-11,13-20,22-23H,1-8H2. The molecular weight excluding hydrogens is 291 g/mol. The zero-order valence-corrected chi connectivity index (χ0v) is 13.8. The van der Waals surface area contributed by atoms with Gasteiger partial charge in [0, 0.05) is 0 Å². The van der Waals surface area contributed by atoms with E-state index >= 15 is 0 Å². The maximum Gasteiger partial charge on any atom is 0.103 e. The third kappa shape index (κ3) is 2.05. The first kappa shape index (κ1) is 14.9. The Labute approximate surface area is 138 Å². The van der Waals surface area contributed by atoms with Crippen molar-refractivity contribution in [1.82, 2.24) is 0 Å². The molecule has 2 N–H and O–H groups in total. The molecule has 0 heterocycles. The lowest BCUT2D eigenvalue weighted by atomic mass is 9.45. The van der Waals surface area contributed by atoms with E-state index in [0.29, 0.717) is 23.7 Å². The maximum absolute atomic E-state index is 14.8. The minimum Gasteiger partial charge on any atom is -0.390 e. The van der Waals surface area contributed by atoms with E-state index in [9.17, 15) is 14.6 Å². The van der Waals surface area contributed by atoms with Gasteiger partial charge in [0.25, 0.3) is 0 Å². The summed E-state index contributed by atoms with van der Waals surface area (Å²) >= 11 is 0. The van der Waals surface area contributed by atoms with Crippen molar-refractivity contribution < 1.29 is 14.6 Å². The zero-order chi connectivity index (χ0) is 15.7. The number of halogens is 1. The molecule has 0 amide bonds. The van der Waals surface area contributed by atoms with Crippen molar-refractivity contribution in [3.05, 3.63) is 11.6 Å². The molecule has 23 heavy (non-hydrogen) atoms. The van der Waals surface area contributed by atoms with Crippen molar-refractivity contribution >= 4 is 0 Å². The Kier molecular flexibility index (Phi) is 3.43. The number of fused-ring (bicyclic) bond motifs is 2. The van der Waals surface area contributed by atoms with Gasteiger partial charge in [-0.1, -0.05) is 18.1 Å². The first-order valence-electron chi connectivity index (χ1n) is 9.86. The van der Waals surface area contributed by atoms with E-state index in [1.807, 2.05) is 6.08 Å². The number of allylic oxidation sites excluding steroid dienone is 1. The molecule has 2 nitrogen and oxygen atoms in total.